The van der Waals surface area contributed by atoms with Gasteiger partial charge in [-0.3, -0.25) is 4.79 Å². The van der Waals surface area contributed by atoms with E-state index in [0.717, 1.165) is 30.8 Å². The van der Waals surface area contributed by atoms with Crippen molar-refractivity contribution in [2.75, 3.05) is 6.61 Å². The normalized spacial score (nSPS) is 16.2. The smallest absolute Gasteiger partial charge is 0.163 e. The fourth-order valence-electron chi connectivity index (χ4n) is 2.51. The van der Waals surface area contributed by atoms with Gasteiger partial charge in [0.25, 0.3) is 0 Å². The number of carbonyl (C=O) groups is 1. The van der Waals surface area contributed by atoms with Gasteiger partial charge >= 0.3 is 0 Å². The Morgan fingerprint density at radius 2 is 2.17 bits per heavy atom. The van der Waals surface area contributed by atoms with Gasteiger partial charge in [0.1, 0.15) is 5.75 Å². The van der Waals surface area contributed by atoms with Crippen LogP contribution in [0, 0.1) is 5.92 Å². The summed E-state index contributed by atoms with van der Waals surface area (Å²) in [6, 6.07) is 5.97. The lowest BCUT2D eigenvalue weighted by molar-refractivity contribution is 0.0972. The largest absolute Gasteiger partial charge is 0.493 e. The van der Waals surface area contributed by atoms with Crippen LogP contribution in [0.5, 0.6) is 5.75 Å². The Morgan fingerprint density at radius 3 is 2.94 bits per heavy atom. The number of fused-ring (bicyclic) bond motifs is 1. The van der Waals surface area contributed by atoms with E-state index in [-0.39, 0.29) is 5.78 Å². The summed E-state index contributed by atoms with van der Waals surface area (Å²) in [6.07, 6.45) is 5.06. The number of hydrogen-bond acceptors (Lipinski definition) is 2. The van der Waals surface area contributed by atoms with Crippen LogP contribution < -0.4 is 4.74 Å². The Hall–Kier alpha value is -1.31. The summed E-state index contributed by atoms with van der Waals surface area (Å²) in [4.78, 5) is 11.8. The molecule has 2 heteroatoms. The Bertz CT molecular complexity index is 423. The van der Waals surface area contributed by atoms with Crippen molar-refractivity contribution in [2.24, 2.45) is 5.92 Å². The third kappa shape index (κ3) is 3.12. The number of ether oxygens (including phenoxy) is 1. The molecule has 0 bridgehead atoms. The molecular weight excluding hydrogens is 224 g/mol. The maximum atomic E-state index is 11.8. The summed E-state index contributed by atoms with van der Waals surface area (Å²) in [5.41, 5.74) is 2.06. The molecule has 1 aromatic rings. The van der Waals surface area contributed by atoms with Crippen LogP contribution in [0.3, 0.4) is 0 Å². The van der Waals surface area contributed by atoms with Gasteiger partial charge in [-0.1, -0.05) is 26.3 Å². The average Bonchev–Trinajstić information content (AvgIpc) is 2.37. The van der Waals surface area contributed by atoms with Crippen molar-refractivity contribution in [2.45, 2.75) is 46.0 Å². The van der Waals surface area contributed by atoms with Crippen LogP contribution in [0.15, 0.2) is 18.2 Å². The van der Waals surface area contributed by atoms with Crippen molar-refractivity contribution in [3.63, 3.8) is 0 Å². The van der Waals surface area contributed by atoms with Crippen molar-refractivity contribution in [1.82, 2.24) is 0 Å². The number of rotatable bonds is 5. The van der Waals surface area contributed by atoms with E-state index in [1.807, 2.05) is 18.2 Å². The van der Waals surface area contributed by atoms with Gasteiger partial charge < -0.3 is 4.74 Å². The minimum Gasteiger partial charge on any atom is -0.493 e. The monoisotopic (exact) mass is 246 g/mol. The molecule has 0 aliphatic heterocycles. The van der Waals surface area contributed by atoms with Crippen molar-refractivity contribution < 1.29 is 9.53 Å². The van der Waals surface area contributed by atoms with Gasteiger partial charge in [-0.15, -0.1) is 0 Å². The molecule has 1 aliphatic carbocycles. The molecular formula is C16H22O2. The van der Waals surface area contributed by atoms with E-state index in [1.165, 1.54) is 18.4 Å². The minimum atomic E-state index is 0.267. The Morgan fingerprint density at radius 1 is 1.33 bits per heavy atom. The van der Waals surface area contributed by atoms with Crippen LogP contribution in [0.2, 0.25) is 0 Å². The molecule has 0 saturated heterocycles. The summed E-state index contributed by atoms with van der Waals surface area (Å²) >= 11 is 0. The molecule has 1 aromatic carbocycles. The highest BCUT2D eigenvalue weighted by Gasteiger charge is 2.17. The minimum absolute atomic E-state index is 0.267. The standard InChI is InChI=1S/C16H22O2/c1-3-5-12(2)11-18-14-9-8-13-6-4-7-16(17)15(13)10-14/h8-10,12H,3-7,11H2,1-2H3. The molecule has 1 atom stereocenters. The van der Waals surface area contributed by atoms with Crippen LogP contribution in [0.1, 0.15) is 55.5 Å². The average molecular weight is 246 g/mol. The molecule has 0 fully saturated rings. The zero-order valence-electron chi connectivity index (χ0n) is 11.4. The third-order valence-electron chi connectivity index (χ3n) is 3.55. The molecule has 0 heterocycles. The Labute approximate surface area is 109 Å². The van der Waals surface area contributed by atoms with Crippen LogP contribution in [-0.2, 0) is 6.42 Å². The van der Waals surface area contributed by atoms with E-state index >= 15 is 0 Å². The van der Waals surface area contributed by atoms with E-state index in [9.17, 15) is 4.79 Å². The topological polar surface area (TPSA) is 26.3 Å². The van der Waals surface area contributed by atoms with Crippen LogP contribution in [-0.4, -0.2) is 12.4 Å². The number of benzene rings is 1. The first kappa shape index (κ1) is 13.1. The van der Waals surface area contributed by atoms with E-state index in [2.05, 4.69) is 13.8 Å². The molecule has 1 aliphatic rings. The lowest BCUT2D eigenvalue weighted by Crippen LogP contribution is -2.12. The van der Waals surface area contributed by atoms with Gasteiger partial charge in [0.15, 0.2) is 5.78 Å². The van der Waals surface area contributed by atoms with E-state index in [0.29, 0.717) is 12.3 Å². The second-order valence-electron chi connectivity index (χ2n) is 5.30. The van der Waals surface area contributed by atoms with Gasteiger partial charge in [-0.2, -0.15) is 0 Å². The molecule has 0 radical (unpaired) electrons. The number of carbonyl (C=O) groups excluding carboxylic acids is 1. The summed E-state index contributed by atoms with van der Waals surface area (Å²) in [6.45, 7) is 5.13. The number of hydrogen-bond donors (Lipinski definition) is 0. The predicted molar refractivity (Wildman–Crippen MR) is 73.3 cm³/mol. The quantitative estimate of drug-likeness (QED) is 0.784. The highest BCUT2D eigenvalue weighted by atomic mass is 16.5. The molecule has 0 amide bonds. The molecule has 0 spiro atoms. The summed E-state index contributed by atoms with van der Waals surface area (Å²) in [7, 11) is 0. The lowest BCUT2D eigenvalue weighted by atomic mass is 9.90. The number of aryl methyl sites for hydroxylation is 1. The molecule has 0 aromatic heterocycles. The van der Waals surface area contributed by atoms with Crippen LogP contribution >= 0.6 is 0 Å². The van der Waals surface area contributed by atoms with Crippen LogP contribution in [0.25, 0.3) is 0 Å². The molecule has 0 saturated carbocycles. The van der Waals surface area contributed by atoms with Crippen LogP contribution in [0.4, 0.5) is 0 Å². The second-order valence-corrected chi connectivity index (χ2v) is 5.30. The highest BCUT2D eigenvalue weighted by Crippen LogP contribution is 2.25. The molecule has 2 nitrogen and oxygen atoms in total. The zero-order valence-corrected chi connectivity index (χ0v) is 11.4. The first-order valence-electron chi connectivity index (χ1n) is 6.99. The van der Waals surface area contributed by atoms with Gasteiger partial charge in [-0.05, 0) is 42.9 Å². The Kier molecular flexibility index (Phi) is 4.40. The summed E-state index contributed by atoms with van der Waals surface area (Å²) in [5.74, 6) is 1.68. The fraction of sp³-hybridized carbons (Fsp3) is 0.562. The van der Waals surface area contributed by atoms with Crippen molar-refractivity contribution >= 4 is 5.78 Å². The first-order valence-corrected chi connectivity index (χ1v) is 6.99. The molecule has 2 rings (SSSR count). The predicted octanol–water partition coefficient (Wildman–Crippen LogP) is 4.02. The van der Waals surface area contributed by atoms with Crippen molar-refractivity contribution in [3.05, 3.63) is 29.3 Å². The van der Waals surface area contributed by atoms with Crippen molar-refractivity contribution in [3.8, 4) is 5.75 Å². The molecule has 1 unspecified atom stereocenters. The van der Waals surface area contributed by atoms with E-state index in [1.54, 1.807) is 0 Å². The molecule has 18 heavy (non-hydrogen) atoms. The second kappa shape index (κ2) is 6.03. The van der Waals surface area contributed by atoms with Crippen molar-refractivity contribution in [1.29, 1.82) is 0 Å². The maximum Gasteiger partial charge on any atom is 0.163 e. The lowest BCUT2D eigenvalue weighted by Gasteiger charge is -2.17. The molecule has 98 valence electrons. The molecule has 0 N–H and O–H groups in total. The van der Waals surface area contributed by atoms with Gasteiger partial charge in [0.2, 0.25) is 0 Å². The summed E-state index contributed by atoms with van der Waals surface area (Å²) in [5, 5.41) is 0. The van der Waals surface area contributed by atoms with Gasteiger partial charge in [0, 0.05) is 12.0 Å². The fourth-order valence-corrected chi connectivity index (χ4v) is 2.51. The maximum absolute atomic E-state index is 11.8. The van der Waals surface area contributed by atoms with E-state index in [4.69, 9.17) is 4.74 Å². The summed E-state index contributed by atoms with van der Waals surface area (Å²) < 4.78 is 5.78. The first-order chi connectivity index (χ1) is 8.70. The third-order valence-corrected chi connectivity index (χ3v) is 3.55. The number of ketones is 1. The zero-order chi connectivity index (χ0) is 13.0. The van der Waals surface area contributed by atoms with E-state index < -0.39 is 0 Å². The van der Waals surface area contributed by atoms with Gasteiger partial charge in [-0.25, -0.2) is 0 Å². The SMILES string of the molecule is CCCC(C)COc1ccc2c(c1)C(=O)CCC2. The number of Topliss-reactive ketones (excluding diaryl/α,β-unsaturated/α-hetero) is 1. The Balaban J connectivity index is 2.02. The highest BCUT2D eigenvalue weighted by molar-refractivity contribution is 5.98. The van der Waals surface area contributed by atoms with Gasteiger partial charge in [0.05, 0.1) is 6.61 Å².